The van der Waals surface area contributed by atoms with Crippen LogP contribution in [0.1, 0.15) is 23.6 Å². The smallest absolute Gasteiger partial charge is 0.295 e. The molecule has 7 nitrogen and oxygen atoms in total. The number of carbonyl (C=O) groups is 2. The van der Waals surface area contributed by atoms with Gasteiger partial charge >= 0.3 is 0 Å². The van der Waals surface area contributed by atoms with E-state index in [1.165, 1.54) is 31.3 Å². The van der Waals surface area contributed by atoms with Crippen LogP contribution in [0.15, 0.2) is 48.0 Å². The lowest BCUT2D eigenvalue weighted by atomic mass is 9.95. The number of halogens is 1. The Kier molecular flexibility index (Phi) is 6.37. The summed E-state index contributed by atoms with van der Waals surface area (Å²) in [5.74, 6) is -2.29. The third kappa shape index (κ3) is 3.86. The second-order valence-electron chi connectivity index (χ2n) is 6.69. The first-order valence-electron chi connectivity index (χ1n) is 9.30. The van der Waals surface area contributed by atoms with Gasteiger partial charge in [-0.3, -0.25) is 9.59 Å². The summed E-state index contributed by atoms with van der Waals surface area (Å²) in [6.07, 6.45) is 0.261. The van der Waals surface area contributed by atoms with Crippen LogP contribution in [0, 0.1) is 5.82 Å². The largest absolute Gasteiger partial charge is 0.507 e. The SMILES string of the molecule is COc1ccc(C2C(=C(O)c3ccc(OC)c(F)c3)C(=O)C(=O)N2CCCO)cc1. The van der Waals surface area contributed by atoms with Crippen LogP contribution >= 0.6 is 0 Å². The topological polar surface area (TPSA) is 96.3 Å². The molecule has 1 saturated heterocycles. The van der Waals surface area contributed by atoms with E-state index in [1.54, 1.807) is 24.3 Å². The molecule has 3 rings (SSSR count). The highest BCUT2D eigenvalue weighted by molar-refractivity contribution is 6.46. The molecule has 0 aromatic heterocycles. The monoisotopic (exact) mass is 415 g/mol. The number of benzene rings is 2. The van der Waals surface area contributed by atoms with Crippen LogP contribution in [-0.4, -0.2) is 54.2 Å². The number of nitrogens with zero attached hydrogens (tertiary/aromatic N) is 1. The molecular formula is C22H22FNO6. The highest BCUT2D eigenvalue weighted by Crippen LogP contribution is 2.40. The Morgan fingerprint density at radius 1 is 1.10 bits per heavy atom. The van der Waals surface area contributed by atoms with Crippen molar-refractivity contribution in [2.45, 2.75) is 12.5 Å². The van der Waals surface area contributed by atoms with E-state index in [9.17, 15) is 24.2 Å². The first-order valence-corrected chi connectivity index (χ1v) is 9.30. The average Bonchev–Trinajstić information content (AvgIpc) is 3.01. The maximum atomic E-state index is 14.2. The first-order chi connectivity index (χ1) is 14.4. The Morgan fingerprint density at radius 2 is 1.80 bits per heavy atom. The van der Waals surface area contributed by atoms with E-state index < -0.39 is 29.3 Å². The van der Waals surface area contributed by atoms with Gasteiger partial charge in [-0.15, -0.1) is 0 Å². The van der Waals surface area contributed by atoms with Crippen LogP contribution in [0.4, 0.5) is 4.39 Å². The molecular weight excluding hydrogens is 393 g/mol. The standard InChI is InChI=1S/C22H22FNO6/c1-29-15-7-4-13(5-8-15)19-18(21(27)22(28)24(19)10-3-11-25)20(26)14-6-9-17(30-2)16(23)12-14/h4-9,12,19,25-26H,3,10-11H2,1-2H3. The average molecular weight is 415 g/mol. The Bertz CT molecular complexity index is 986. The summed E-state index contributed by atoms with van der Waals surface area (Å²) in [5.41, 5.74) is 0.475. The molecule has 1 heterocycles. The van der Waals surface area contributed by atoms with Crippen molar-refractivity contribution in [3.63, 3.8) is 0 Å². The maximum Gasteiger partial charge on any atom is 0.295 e. The highest BCUT2D eigenvalue weighted by atomic mass is 19.1. The summed E-state index contributed by atoms with van der Waals surface area (Å²) in [6.45, 7) is -0.0481. The van der Waals surface area contributed by atoms with Crippen molar-refractivity contribution in [2.75, 3.05) is 27.4 Å². The van der Waals surface area contributed by atoms with Gasteiger partial charge in [-0.25, -0.2) is 4.39 Å². The summed E-state index contributed by atoms with van der Waals surface area (Å²) >= 11 is 0. The molecule has 1 atom stereocenters. The molecule has 30 heavy (non-hydrogen) atoms. The van der Waals surface area contributed by atoms with Gasteiger partial charge in [0, 0.05) is 18.7 Å². The molecule has 1 aliphatic heterocycles. The Labute approximate surface area is 173 Å². The fourth-order valence-electron chi connectivity index (χ4n) is 3.45. The normalized spacial score (nSPS) is 18.0. The third-order valence-corrected chi connectivity index (χ3v) is 4.95. The quantitative estimate of drug-likeness (QED) is 0.410. The van der Waals surface area contributed by atoms with Gasteiger partial charge in [0.25, 0.3) is 11.7 Å². The summed E-state index contributed by atoms with van der Waals surface area (Å²) < 4.78 is 24.2. The number of amides is 1. The van der Waals surface area contributed by atoms with Gasteiger partial charge in [-0.1, -0.05) is 12.1 Å². The van der Waals surface area contributed by atoms with Gasteiger partial charge in [0.15, 0.2) is 11.6 Å². The molecule has 0 saturated carbocycles. The van der Waals surface area contributed by atoms with E-state index in [1.807, 2.05) is 0 Å². The lowest BCUT2D eigenvalue weighted by molar-refractivity contribution is -0.140. The fourth-order valence-corrected chi connectivity index (χ4v) is 3.45. The van der Waals surface area contributed by atoms with Gasteiger partial charge in [0.2, 0.25) is 0 Å². The minimum atomic E-state index is -0.882. The van der Waals surface area contributed by atoms with Crippen molar-refractivity contribution >= 4 is 17.4 Å². The zero-order valence-electron chi connectivity index (χ0n) is 16.6. The molecule has 8 heteroatoms. The third-order valence-electron chi connectivity index (χ3n) is 4.95. The van der Waals surface area contributed by atoms with Crippen molar-refractivity contribution in [3.8, 4) is 11.5 Å². The maximum absolute atomic E-state index is 14.2. The summed E-state index contributed by atoms with van der Waals surface area (Å²) in [4.78, 5) is 26.8. The predicted octanol–water partition coefficient (Wildman–Crippen LogP) is 2.65. The number of ketones is 1. The summed E-state index contributed by atoms with van der Waals surface area (Å²) in [7, 11) is 2.83. The number of rotatable bonds is 7. The van der Waals surface area contributed by atoms with Gasteiger partial charge < -0.3 is 24.6 Å². The molecule has 1 aliphatic rings. The van der Waals surface area contributed by atoms with E-state index in [4.69, 9.17) is 9.47 Å². The molecule has 0 bridgehead atoms. The van der Waals surface area contributed by atoms with E-state index in [-0.39, 0.29) is 36.5 Å². The number of aliphatic hydroxyl groups excluding tert-OH is 2. The number of Topliss-reactive ketones (excluding diaryl/α,β-unsaturated/α-hetero) is 1. The number of hydrogen-bond acceptors (Lipinski definition) is 6. The highest BCUT2D eigenvalue weighted by Gasteiger charge is 2.45. The van der Waals surface area contributed by atoms with Crippen molar-refractivity contribution in [2.24, 2.45) is 0 Å². The molecule has 2 aromatic carbocycles. The van der Waals surface area contributed by atoms with Crippen LogP contribution < -0.4 is 9.47 Å². The van der Waals surface area contributed by atoms with Crippen molar-refractivity contribution in [1.29, 1.82) is 0 Å². The molecule has 1 amide bonds. The number of hydrogen-bond donors (Lipinski definition) is 2. The number of methoxy groups -OCH3 is 2. The minimum absolute atomic E-state index is 0.0124. The van der Waals surface area contributed by atoms with Crippen LogP contribution in [0.2, 0.25) is 0 Å². The second kappa shape index (κ2) is 8.96. The zero-order valence-corrected chi connectivity index (χ0v) is 16.6. The predicted molar refractivity (Wildman–Crippen MR) is 107 cm³/mol. The summed E-state index contributed by atoms with van der Waals surface area (Å²) in [6, 6.07) is 9.61. The lowest BCUT2D eigenvalue weighted by Crippen LogP contribution is -2.31. The Hall–Kier alpha value is -3.39. The molecule has 1 fully saturated rings. The van der Waals surface area contributed by atoms with E-state index in [2.05, 4.69) is 0 Å². The number of likely N-dealkylation sites (tertiary alicyclic amines) is 1. The molecule has 2 N–H and O–H groups in total. The van der Waals surface area contributed by atoms with E-state index >= 15 is 0 Å². The molecule has 1 unspecified atom stereocenters. The van der Waals surface area contributed by atoms with E-state index in [0.717, 1.165) is 6.07 Å². The van der Waals surface area contributed by atoms with Crippen molar-refractivity contribution in [3.05, 3.63) is 65.0 Å². The van der Waals surface area contributed by atoms with Gasteiger partial charge in [-0.05, 0) is 42.3 Å². The second-order valence-corrected chi connectivity index (χ2v) is 6.69. The lowest BCUT2D eigenvalue weighted by Gasteiger charge is -2.25. The minimum Gasteiger partial charge on any atom is -0.507 e. The Balaban J connectivity index is 2.14. The molecule has 0 aliphatic carbocycles. The van der Waals surface area contributed by atoms with Gasteiger partial charge in [0.05, 0.1) is 25.8 Å². The van der Waals surface area contributed by atoms with Crippen LogP contribution in [0.3, 0.4) is 0 Å². The van der Waals surface area contributed by atoms with Crippen LogP contribution in [-0.2, 0) is 9.59 Å². The molecule has 158 valence electrons. The number of carbonyl (C=O) groups excluding carboxylic acids is 2. The van der Waals surface area contributed by atoms with Crippen molar-refractivity contribution in [1.82, 2.24) is 4.90 Å². The summed E-state index contributed by atoms with van der Waals surface area (Å²) in [5, 5.41) is 20.1. The van der Waals surface area contributed by atoms with Crippen molar-refractivity contribution < 1.29 is 33.7 Å². The van der Waals surface area contributed by atoms with Crippen LogP contribution in [0.25, 0.3) is 5.76 Å². The molecule has 0 spiro atoms. The van der Waals surface area contributed by atoms with Gasteiger partial charge in [0.1, 0.15) is 11.5 Å². The zero-order chi connectivity index (χ0) is 21.8. The molecule has 2 aromatic rings. The fraction of sp³-hybridized carbons (Fsp3) is 0.273. The number of ether oxygens (including phenoxy) is 2. The Morgan fingerprint density at radius 3 is 2.37 bits per heavy atom. The van der Waals surface area contributed by atoms with Gasteiger partial charge in [-0.2, -0.15) is 0 Å². The first kappa shape index (κ1) is 21.3. The number of aliphatic hydroxyl groups is 2. The molecule has 0 radical (unpaired) electrons. The van der Waals surface area contributed by atoms with E-state index in [0.29, 0.717) is 11.3 Å². The van der Waals surface area contributed by atoms with Crippen LogP contribution in [0.5, 0.6) is 11.5 Å².